The van der Waals surface area contributed by atoms with Gasteiger partial charge < -0.3 is 10.2 Å². The molecule has 0 aromatic carbocycles. The van der Waals surface area contributed by atoms with Gasteiger partial charge in [0, 0.05) is 13.2 Å². The molecule has 0 spiro atoms. The molecule has 2 nitrogen and oxygen atoms in total. The molecule has 0 bridgehead atoms. The van der Waals surface area contributed by atoms with Gasteiger partial charge in [-0.15, -0.1) is 0 Å². The molecule has 0 aromatic rings. The summed E-state index contributed by atoms with van der Waals surface area (Å²) in [4.78, 5) is 0. The van der Waals surface area contributed by atoms with E-state index in [2.05, 4.69) is 27.7 Å². The standard InChI is InChI=1S/C16H34O2/c1-5-7-15(8-6-10-17)12-14(2)13-16(3,4)9-11-18/h14-15,17-18H,5-13H2,1-4H3. The minimum atomic E-state index is 0.252. The maximum absolute atomic E-state index is 9.07. The Kier molecular flexibility index (Phi) is 9.76. The molecular weight excluding hydrogens is 224 g/mol. The lowest BCUT2D eigenvalue weighted by Crippen LogP contribution is -2.19. The van der Waals surface area contributed by atoms with E-state index in [9.17, 15) is 0 Å². The highest BCUT2D eigenvalue weighted by molar-refractivity contribution is 4.73. The molecule has 2 atom stereocenters. The first-order valence-corrected chi connectivity index (χ1v) is 7.67. The van der Waals surface area contributed by atoms with E-state index >= 15 is 0 Å². The molecule has 0 aliphatic rings. The quantitative estimate of drug-likeness (QED) is 0.588. The van der Waals surface area contributed by atoms with Crippen molar-refractivity contribution in [1.82, 2.24) is 0 Å². The zero-order chi connectivity index (χ0) is 14.0. The first-order chi connectivity index (χ1) is 8.45. The molecule has 0 amide bonds. The fraction of sp³-hybridized carbons (Fsp3) is 1.00. The van der Waals surface area contributed by atoms with Crippen LogP contribution >= 0.6 is 0 Å². The second kappa shape index (κ2) is 9.80. The second-order valence-electron chi connectivity index (χ2n) is 6.70. The van der Waals surface area contributed by atoms with E-state index in [-0.39, 0.29) is 5.41 Å². The number of hydrogen-bond donors (Lipinski definition) is 2. The van der Waals surface area contributed by atoms with Crippen LogP contribution in [-0.2, 0) is 0 Å². The fourth-order valence-electron chi connectivity index (χ4n) is 3.17. The van der Waals surface area contributed by atoms with Crippen LogP contribution in [0.2, 0.25) is 0 Å². The molecule has 110 valence electrons. The van der Waals surface area contributed by atoms with Crippen LogP contribution < -0.4 is 0 Å². The van der Waals surface area contributed by atoms with Crippen molar-refractivity contribution in [2.75, 3.05) is 13.2 Å². The molecule has 2 N–H and O–H groups in total. The average molecular weight is 258 g/mol. The van der Waals surface area contributed by atoms with Crippen LogP contribution in [0, 0.1) is 17.3 Å². The zero-order valence-corrected chi connectivity index (χ0v) is 12.9. The summed E-state index contributed by atoms with van der Waals surface area (Å²) in [6.07, 6.45) is 7.97. The average Bonchev–Trinajstić information content (AvgIpc) is 2.25. The van der Waals surface area contributed by atoms with Crippen LogP contribution in [0.3, 0.4) is 0 Å². The van der Waals surface area contributed by atoms with Crippen LogP contribution in [0.15, 0.2) is 0 Å². The molecule has 0 saturated carbocycles. The molecule has 0 heterocycles. The van der Waals surface area contributed by atoms with Gasteiger partial charge in [0.15, 0.2) is 0 Å². The maximum Gasteiger partial charge on any atom is 0.0436 e. The van der Waals surface area contributed by atoms with Gasteiger partial charge in [-0.25, -0.2) is 0 Å². The highest BCUT2D eigenvalue weighted by Gasteiger charge is 2.22. The summed E-state index contributed by atoms with van der Waals surface area (Å²) in [5, 5.41) is 18.0. The van der Waals surface area contributed by atoms with Crippen LogP contribution in [-0.4, -0.2) is 23.4 Å². The molecule has 0 aromatic heterocycles. The number of rotatable bonds is 11. The van der Waals surface area contributed by atoms with Gasteiger partial charge in [-0.3, -0.25) is 0 Å². The van der Waals surface area contributed by atoms with E-state index in [4.69, 9.17) is 10.2 Å². The van der Waals surface area contributed by atoms with E-state index in [0.29, 0.717) is 19.1 Å². The Labute approximate surface area is 114 Å². The van der Waals surface area contributed by atoms with Crippen molar-refractivity contribution in [3.8, 4) is 0 Å². The van der Waals surface area contributed by atoms with Crippen LogP contribution in [0.5, 0.6) is 0 Å². The predicted molar refractivity (Wildman–Crippen MR) is 78.6 cm³/mol. The van der Waals surface area contributed by atoms with Crippen molar-refractivity contribution in [3.05, 3.63) is 0 Å². The van der Waals surface area contributed by atoms with E-state index in [1.807, 2.05) is 0 Å². The molecule has 18 heavy (non-hydrogen) atoms. The predicted octanol–water partition coefficient (Wildman–Crippen LogP) is 4.00. The normalized spacial score (nSPS) is 15.7. The molecule has 0 aliphatic heterocycles. The van der Waals surface area contributed by atoms with E-state index < -0.39 is 0 Å². The minimum Gasteiger partial charge on any atom is -0.396 e. The van der Waals surface area contributed by atoms with Crippen molar-refractivity contribution < 1.29 is 10.2 Å². The molecule has 0 fully saturated rings. The Balaban J connectivity index is 4.10. The number of aliphatic hydroxyl groups is 2. The number of hydrogen-bond acceptors (Lipinski definition) is 2. The highest BCUT2D eigenvalue weighted by Crippen LogP contribution is 2.33. The summed E-state index contributed by atoms with van der Waals surface area (Å²) < 4.78 is 0. The summed E-state index contributed by atoms with van der Waals surface area (Å²) in [7, 11) is 0. The highest BCUT2D eigenvalue weighted by atomic mass is 16.3. The van der Waals surface area contributed by atoms with Crippen LogP contribution in [0.4, 0.5) is 0 Å². The lowest BCUT2D eigenvalue weighted by molar-refractivity contribution is 0.170. The lowest BCUT2D eigenvalue weighted by Gasteiger charge is -2.29. The van der Waals surface area contributed by atoms with Gasteiger partial charge >= 0.3 is 0 Å². The largest absolute Gasteiger partial charge is 0.396 e. The smallest absolute Gasteiger partial charge is 0.0436 e. The zero-order valence-electron chi connectivity index (χ0n) is 12.9. The molecule has 0 saturated heterocycles. The molecule has 2 unspecified atom stereocenters. The van der Waals surface area contributed by atoms with Gasteiger partial charge in [0.25, 0.3) is 0 Å². The summed E-state index contributed by atoms with van der Waals surface area (Å²) in [5.41, 5.74) is 0.252. The van der Waals surface area contributed by atoms with Crippen molar-refractivity contribution >= 4 is 0 Å². The van der Waals surface area contributed by atoms with Gasteiger partial charge in [0.1, 0.15) is 0 Å². The Bertz CT molecular complexity index is 190. The SMILES string of the molecule is CCCC(CCCO)CC(C)CC(C)(C)CCO. The van der Waals surface area contributed by atoms with Gasteiger partial charge in [-0.1, -0.05) is 40.5 Å². The van der Waals surface area contributed by atoms with Gasteiger partial charge in [0.05, 0.1) is 0 Å². The summed E-state index contributed by atoms with van der Waals surface area (Å²) in [6, 6.07) is 0. The molecule has 0 aliphatic carbocycles. The third-order valence-corrected chi connectivity index (χ3v) is 3.89. The van der Waals surface area contributed by atoms with E-state index in [0.717, 1.165) is 25.2 Å². The molecule has 2 heteroatoms. The third kappa shape index (κ3) is 8.93. The Morgan fingerprint density at radius 1 is 1.06 bits per heavy atom. The second-order valence-corrected chi connectivity index (χ2v) is 6.70. The van der Waals surface area contributed by atoms with E-state index in [1.54, 1.807) is 0 Å². The summed E-state index contributed by atoms with van der Waals surface area (Å²) in [5.74, 6) is 1.48. The Hall–Kier alpha value is -0.0800. The van der Waals surface area contributed by atoms with Crippen LogP contribution in [0.25, 0.3) is 0 Å². The van der Waals surface area contributed by atoms with Gasteiger partial charge in [-0.05, 0) is 49.4 Å². The number of aliphatic hydroxyl groups excluding tert-OH is 2. The van der Waals surface area contributed by atoms with Crippen LogP contribution in [0.1, 0.15) is 72.6 Å². The van der Waals surface area contributed by atoms with Crippen molar-refractivity contribution in [3.63, 3.8) is 0 Å². The fourth-order valence-corrected chi connectivity index (χ4v) is 3.17. The van der Waals surface area contributed by atoms with Gasteiger partial charge in [0.2, 0.25) is 0 Å². The summed E-state index contributed by atoms with van der Waals surface area (Å²) in [6.45, 7) is 9.70. The van der Waals surface area contributed by atoms with E-state index in [1.165, 1.54) is 25.7 Å². The van der Waals surface area contributed by atoms with Crippen molar-refractivity contribution in [1.29, 1.82) is 0 Å². The first kappa shape index (κ1) is 17.9. The molecule has 0 radical (unpaired) electrons. The van der Waals surface area contributed by atoms with Crippen molar-refractivity contribution in [2.24, 2.45) is 17.3 Å². The molecular formula is C16H34O2. The molecule has 0 rings (SSSR count). The summed E-state index contributed by atoms with van der Waals surface area (Å²) >= 11 is 0. The lowest BCUT2D eigenvalue weighted by atomic mass is 9.77. The van der Waals surface area contributed by atoms with Gasteiger partial charge in [-0.2, -0.15) is 0 Å². The maximum atomic E-state index is 9.07. The Morgan fingerprint density at radius 2 is 1.72 bits per heavy atom. The first-order valence-electron chi connectivity index (χ1n) is 7.67. The third-order valence-electron chi connectivity index (χ3n) is 3.89. The monoisotopic (exact) mass is 258 g/mol. The minimum absolute atomic E-state index is 0.252. The van der Waals surface area contributed by atoms with Crippen molar-refractivity contribution in [2.45, 2.75) is 72.6 Å². The topological polar surface area (TPSA) is 40.5 Å². The Morgan fingerprint density at radius 3 is 2.22 bits per heavy atom.